The van der Waals surface area contributed by atoms with Gasteiger partial charge in [0.05, 0.1) is 5.69 Å². The summed E-state index contributed by atoms with van der Waals surface area (Å²) in [4.78, 5) is 16.3. The number of nitrogens with one attached hydrogen (secondary N) is 2. The first kappa shape index (κ1) is 18.4. The molecule has 0 atom stereocenters. The Hall–Kier alpha value is -2.40. The van der Waals surface area contributed by atoms with Crippen molar-refractivity contribution >= 4 is 5.91 Å². The van der Waals surface area contributed by atoms with E-state index in [1.165, 1.54) is 12.8 Å². The lowest BCUT2D eigenvalue weighted by atomic mass is 9.93. The third kappa shape index (κ3) is 6.15. The summed E-state index contributed by atoms with van der Waals surface area (Å²) >= 11 is 0. The van der Waals surface area contributed by atoms with E-state index in [1.807, 2.05) is 42.5 Å². The van der Waals surface area contributed by atoms with E-state index in [0.29, 0.717) is 25.5 Å². The van der Waals surface area contributed by atoms with E-state index in [2.05, 4.69) is 15.6 Å². The second kappa shape index (κ2) is 9.92. The van der Waals surface area contributed by atoms with E-state index < -0.39 is 0 Å². The molecule has 0 saturated carbocycles. The van der Waals surface area contributed by atoms with Gasteiger partial charge in [-0.3, -0.25) is 9.78 Å². The van der Waals surface area contributed by atoms with Gasteiger partial charge in [0.2, 0.25) is 5.91 Å². The third-order valence-corrected chi connectivity index (χ3v) is 4.76. The Morgan fingerprint density at radius 1 is 1.15 bits per heavy atom. The van der Waals surface area contributed by atoms with Gasteiger partial charge in [0.1, 0.15) is 12.4 Å². The molecule has 5 heteroatoms. The highest BCUT2D eigenvalue weighted by molar-refractivity contribution is 5.75. The van der Waals surface area contributed by atoms with Crippen LogP contribution in [0.25, 0.3) is 0 Å². The number of nitrogens with zero attached hydrogens (tertiary/aromatic N) is 1. The summed E-state index contributed by atoms with van der Waals surface area (Å²) in [7, 11) is 0. The van der Waals surface area contributed by atoms with Crippen molar-refractivity contribution in [1.29, 1.82) is 0 Å². The minimum atomic E-state index is 0.138. The molecule has 26 heavy (non-hydrogen) atoms. The molecule has 1 fully saturated rings. The van der Waals surface area contributed by atoms with Crippen molar-refractivity contribution in [2.45, 2.75) is 38.8 Å². The van der Waals surface area contributed by atoms with Gasteiger partial charge in [-0.2, -0.15) is 0 Å². The second-order valence-electron chi connectivity index (χ2n) is 6.76. The molecule has 2 heterocycles. The molecule has 1 aliphatic rings. The molecule has 0 radical (unpaired) electrons. The molecule has 0 bridgehead atoms. The Bertz CT molecular complexity index is 667. The largest absolute Gasteiger partial charge is 0.487 e. The molecular formula is C21H27N3O2. The maximum atomic E-state index is 12.0. The quantitative estimate of drug-likeness (QED) is 0.766. The average molecular weight is 353 g/mol. The van der Waals surface area contributed by atoms with Crippen molar-refractivity contribution in [1.82, 2.24) is 15.6 Å². The average Bonchev–Trinajstić information content (AvgIpc) is 2.71. The van der Waals surface area contributed by atoms with E-state index >= 15 is 0 Å². The molecule has 0 spiro atoms. The van der Waals surface area contributed by atoms with E-state index in [1.54, 1.807) is 6.20 Å². The molecule has 3 rings (SSSR count). The van der Waals surface area contributed by atoms with Crippen molar-refractivity contribution < 1.29 is 9.53 Å². The molecular weight excluding hydrogens is 326 g/mol. The maximum absolute atomic E-state index is 12.0. The van der Waals surface area contributed by atoms with Gasteiger partial charge in [-0.05, 0) is 68.1 Å². The van der Waals surface area contributed by atoms with Crippen LogP contribution in [0.15, 0.2) is 48.7 Å². The summed E-state index contributed by atoms with van der Waals surface area (Å²) in [5.41, 5.74) is 1.97. The van der Waals surface area contributed by atoms with Crippen molar-refractivity contribution in [2.75, 3.05) is 13.1 Å². The number of pyridine rings is 1. The van der Waals surface area contributed by atoms with Crippen LogP contribution >= 0.6 is 0 Å². The SMILES string of the molecule is O=C(CCC1CCNCC1)NCc1ccc(OCc2ccccn2)cc1. The van der Waals surface area contributed by atoms with Gasteiger partial charge in [-0.1, -0.05) is 18.2 Å². The predicted molar refractivity (Wildman–Crippen MR) is 102 cm³/mol. The number of ether oxygens (including phenoxy) is 1. The summed E-state index contributed by atoms with van der Waals surface area (Å²) in [5.74, 6) is 1.63. The fourth-order valence-electron chi connectivity index (χ4n) is 3.14. The first-order chi connectivity index (χ1) is 12.8. The van der Waals surface area contributed by atoms with Gasteiger partial charge in [-0.25, -0.2) is 0 Å². The highest BCUT2D eigenvalue weighted by Crippen LogP contribution is 2.18. The Labute approximate surface area is 155 Å². The number of piperidine rings is 1. The lowest BCUT2D eigenvalue weighted by molar-refractivity contribution is -0.121. The van der Waals surface area contributed by atoms with E-state index in [4.69, 9.17) is 4.74 Å². The molecule has 1 amide bonds. The van der Waals surface area contributed by atoms with Crippen molar-refractivity contribution in [2.24, 2.45) is 5.92 Å². The minimum Gasteiger partial charge on any atom is -0.487 e. The first-order valence-electron chi connectivity index (χ1n) is 9.38. The van der Waals surface area contributed by atoms with Crippen LogP contribution in [0.5, 0.6) is 5.75 Å². The number of hydrogen-bond donors (Lipinski definition) is 2. The minimum absolute atomic E-state index is 0.138. The zero-order valence-corrected chi connectivity index (χ0v) is 15.1. The number of aromatic nitrogens is 1. The Morgan fingerprint density at radius 3 is 2.69 bits per heavy atom. The molecule has 5 nitrogen and oxygen atoms in total. The van der Waals surface area contributed by atoms with Crippen LogP contribution in [-0.4, -0.2) is 24.0 Å². The summed E-state index contributed by atoms with van der Waals surface area (Å²) in [5, 5.41) is 6.37. The van der Waals surface area contributed by atoms with Gasteiger partial charge in [-0.15, -0.1) is 0 Å². The van der Waals surface area contributed by atoms with Crippen molar-refractivity contribution in [3.8, 4) is 5.75 Å². The highest BCUT2D eigenvalue weighted by atomic mass is 16.5. The fraction of sp³-hybridized carbons (Fsp3) is 0.429. The number of benzene rings is 1. The molecule has 1 aliphatic heterocycles. The lowest BCUT2D eigenvalue weighted by Gasteiger charge is -2.22. The van der Waals surface area contributed by atoms with E-state index in [0.717, 1.165) is 36.5 Å². The molecule has 0 aliphatic carbocycles. The Balaban J connectivity index is 1.36. The van der Waals surface area contributed by atoms with Gasteiger partial charge >= 0.3 is 0 Å². The maximum Gasteiger partial charge on any atom is 0.220 e. The number of hydrogen-bond acceptors (Lipinski definition) is 4. The molecule has 2 aromatic rings. The third-order valence-electron chi connectivity index (χ3n) is 4.76. The van der Waals surface area contributed by atoms with Crippen molar-refractivity contribution in [3.63, 3.8) is 0 Å². The zero-order valence-electron chi connectivity index (χ0n) is 15.1. The Morgan fingerprint density at radius 2 is 1.96 bits per heavy atom. The van der Waals surface area contributed by atoms with Crippen LogP contribution in [0.1, 0.15) is 36.9 Å². The van der Waals surface area contributed by atoms with E-state index in [-0.39, 0.29) is 5.91 Å². The van der Waals surface area contributed by atoms with Gasteiger partial charge < -0.3 is 15.4 Å². The Kier molecular flexibility index (Phi) is 7.02. The van der Waals surface area contributed by atoms with Crippen LogP contribution in [0, 0.1) is 5.92 Å². The first-order valence-corrected chi connectivity index (χ1v) is 9.38. The molecule has 1 aromatic heterocycles. The fourth-order valence-corrected chi connectivity index (χ4v) is 3.14. The summed E-state index contributed by atoms with van der Waals surface area (Å²) < 4.78 is 5.72. The predicted octanol–water partition coefficient (Wildman–Crippen LogP) is 3.06. The van der Waals surface area contributed by atoms with Crippen LogP contribution < -0.4 is 15.4 Å². The van der Waals surface area contributed by atoms with Crippen LogP contribution in [-0.2, 0) is 17.9 Å². The number of rotatable bonds is 8. The topological polar surface area (TPSA) is 63.2 Å². The lowest BCUT2D eigenvalue weighted by Crippen LogP contribution is -2.29. The normalized spacial score (nSPS) is 14.8. The monoisotopic (exact) mass is 353 g/mol. The highest BCUT2D eigenvalue weighted by Gasteiger charge is 2.14. The molecule has 138 valence electrons. The van der Waals surface area contributed by atoms with Crippen molar-refractivity contribution in [3.05, 3.63) is 59.9 Å². The molecule has 2 N–H and O–H groups in total. The number of carbonyl (C=O) groups excluding carboxylic acids is 1. The molecule has 0 unspecified atom stereocenters. The second-order valence-corrected chi connectivity index (χ2v) is 6.76. The van der Waals surface area contributed by atoms with Crippen LogP contribution in [0.3, 0.4) is 0 Å². The standard InChI is InChI=1S/C21H27N3O2/c25-21(9-6-17-10-13-22-14-11-17)24-15-18-4-7-20(8-5-18)26-16-19-3-1-2-12-23-19/h1-5,7-8,12,17,22H,6,9-11,13-16H2,(H,24,25). The summed E-state index contributed by atoms with van der Waals surface area (Å²) in [6.45, 7) is 3.18. The van der Waals surface area contributed by atoms with Gasteiger partial charge in [0.25, 0.3) is 0 Å². The molecule has 1 aromatic carbocycles. The summed E-state index contributed by atoms with van der Waals surface area (Å²) in [6.07, 6.45) is 5.75. The molecule has 1 saturated heterocycles. The van der Waals surface area contributed by atoms with Crippen LogP contribution in [0.2, 0.25) is 0 Å². The smallest absolute Gasteiger partial charge is 0.220 e. The number of amides is 1. The summed E-state index contributed by atoms with van der Waals surface area (Å²) in [6, 6.07) is 13.6. The van der Waals surface area contributed by atoms with Gasteiger partial charge in [0, 0.05) is 19.2 Å². The zero-order chi connectivity index (χ0) is 18.0. The number of carbonyl (C=O) groups is 1. The van der Waals surface area contributed by atoms with Crippen LogP contribution in [0.4, 0.5) is 0 Å². The van der Waals surface area contributed by atoms with Gasteiger partial charge in [0.15, 0.2) is 0 Å². The van der Waals surface area contributed by atoms with E-state index in [9.17, 15) is 4.79 Å².